The number of halogens is 3. The number of carbonyl (C=O) groups is 1. The van der Waals surface area contributed by atoms with Gasteiger partial charge in [0.2, 0.25) is 0 Å². The second-order valence-electron chi connectivity index (χ2n) is 3.60. The smallest absolute Gasteiger partial charge is 0.185 e. The molecule has 0 aliphatic rings. The van der Waals surface area contributed by atoms with Crippen molar-refractivity contribution >= 4 is 51.7 Å². The average Bonchev–Trinajstić information content (AvgIpc) is 2.24. The molecule has 0 aliphatic carbocycles. The molecule has 2 N–H and O–H groups in total. The van der Waals surface area contributed by atoms with Crippen molar-refractivity contribution in [3.63, 3.8) is 0 Å². The van der Waals surface area contributed by atoms with Gasteiger partial charge in [0.25, 0.3) is 0 Å². The van der Waals surface area contributed by atoms with Crippen molar-refractivity contribution in [2.24, 2.45) is 0 Å². The summed E-state index contributed by atoms with van der Waals surface area (Å²) in [7, 11) is 0. The molecule has 0 heterocycles. The maximum atomic E-state index is 10.8. The zero-order valence-electron chi connectivity index (χ0n) is 9.36. The summed E-state index contributed by atoms with van der Waals surface area (Å²) in [5.41, 5.74) is 0.208. The normalized spacial score (nSPS) is 14.3. The Bertz CT molecular complexity index is 430. The molecule has 0 aliphatic heterocycles. The maximum absolute atomic E-state index is 10.8. The zero-order valence-corrected chi connectivity index (χ0v) is 12.4. The third-order valence-electron chi connectivity index (χ3n) is 2.16. The van der Waals surface area contributed by atoms with Gasteiger partial charge >= 0.3 is 0 Å². The van der Waals surface area contributed by atoms with E-state index in [1.165, 1.54) is 19.1 Å². The van der Waals surface area contributed by atoms with Crippen LogP contribution in [0.1, 0.15) is 18.6 Å². The molecule has 0 aromatic heterocycles. The van der Waals surface area contributed by atoms with Gasteiger partial charge in [0, 0.05) is 33.3 Å². The van der Waals surface area contributed by atoms with Crippen molar-refractivity contribution in [2.45, 2.75) is 19.1 Å². The molecule has 7 heteroatoms. The molecule has 100 valence electrons. The molecule has 1 aromatic carbocycles. The van der Waals surface area contributed by atoms with Crippen molar-refractivity contribution in [2.75, 3.05) is 5.75 Å². The minimum absolute atomic E-state index is 0.0613. The van der Waals surface area contributed by atoms with Gasteiger partial charge in [-0.1, -0.05) is 46.6 Å². The van der Waals surface area contributed by atoms with E-state index in [0.717, 1.165) is 11.8 Å². The summed E-state index contributed by atoms with van der Waals surface area (Å²) in [6.07, 6.45) is -2.41. The molecule has 0 spiro atoms. The first-order chi connectivity index (χ1) is 8.32. The number of hydrogen-bond donors (Lipinski definition) is 2. The standard InChI is InChI=1S/C11H11Cl3O3S/c1-5(15)18-4-9(16)11(17)10-7(13)2-6(12)3-8(10)14/h2-3,9,11,16-17H,4H2,1H3. The lowest BCUT2D eigenvalue weighted by Crippen LogP contribution is -2.22. The highest BCUT2D eigenvalue weighted by Gasteiger charge is 2.24. The molecule has 0 bridgehead atoms. The van der Waals surface area contributed by atoms with Crippen LogP contribution < -0.4 is 0 Å². The summed E-state index contributed by atoms with van der Waals surface area (Å²) in [5, 5.41) is 20.3. The van der Waals surface area contributed by atoms with Gasteiger partial charge in [-0.25, -0.2) is 0 Å². The van der Waals surface area contributed by atoms with Crippen LogP contribution in [0.2, 0.25) is 15.1 Å². The molecule has 3 nitrogen and oxygen atoms in total. The van der Waals surface area contributed by atoms with Crippen molar-refractivity contribution < 1.29 is 15.0 Å². The van der Waals surface area contributed by atoms with E-state index in [2.05, 4.69) is 0 Å². The summed E-state index contributed by atoms with van der Waals surface area (Å²) in [6, 6.07) is 2.86. The summed E-state index contributed by atoms with van der Waals surface area (Å²) in [5.74, 6) is 0.0613. The van der Waals surface area contributed by atoms with Crippen molar-refractivity contribution in [3.8, 4) is 0 Å². The lowest BCUT2D eigenvalue weighted by molar-refractivity contribution is -0.109. The summed E-state index contributed by atoms with van der Waals surface area (Å²) in [4.78, 5) is 10.8. The van der Waals surface area contributed by atoms with Gasteiger partial charge in [-0.05, 0) is 12.1 Å². The van der Waals surface area contributed by atoms with Gasteiger partial charge in [0.05, 0.1) is 6.10 Å². The molecule has 0 amide bonds. The molecule has 2 atom stereocenters. The van der Waals surface area contributed by atoms with Gasteiger partial charge in [0.15, 0.2) is 5.12 Å². The fourth-order valence-corrected chi connectivity index (χ4v) is 2.95. The van der Waals surface area contributed by atoms with Crippen LogP contribution in [-0.2, 0) is 4.79 Å². The van der Waals surface area contributed by atoms with Crippen LogP contribution in [0.5, 0.6) is 0 Å². The van der Waals surface area contributed by atoms with E-state index in [0.29, 0.717) is 5.02 Å². The van der Waals surface area contributed by atoms with Gasteiger partial charge in [0.1, 0.15) is 6.10 Å². The monoisotopic (exact) mass is 328 g/mol. The predicted molar refractivity (Wildman–Crippen MR) is 75.6 cm³/mol. The van der Waals surface area contributed by atoms with Crippen molar-refractivity contribution in [3.05, 3.63) is 32.8 Å². The Morgan fingerprint density at radius 3 is 2.22 bits per heavy atom. The first-order valence-corrected chi connectivity index (χ1v) is 7.08. The molecule has 0 fully saturated rings. The van der Waals surface area contributed by atoms with Crippen molar-refractivity contribution in [1.82, 2.24) is 0 Å². The number of carbonyl (C=O) groups excluding carboxylic acids is 1. The highest BCUT2D eigenvalue weighted by Crippen LogP contribution is 2.35. The Morgan fingerprint density at radius 1 is 1.28 bits per heavy atom. The number of aliphatic hydroxyl groups is 2. The molecular weight excluding hydrogens is 319 g/mol. The lowest BCUT2D eigenvalue weighted by Gasteiger charge is -2.19. The highest BCUT2D eigenvalue weighted by atomic mass is 35.5. The zero-order chi connectivity index (χ0) is 13.9. The van der Waals surface area contributed by atoms with Crippen LogP contribution in [-0.4, -0.2) is 27.2 Å². The first kappa shape index (κ1) is 16.1. The van der Waals surface area contributed by atoms with E-state index < -0.39 is 12.2 Å². The van der Waals surface area contributed by atoms with Crippen LogP contribution in [0.3, 0.4) is 0 Å². The predicted octanol–water partition coefficient (Wildman–Crippen LogP) is 3.32. The number of rotatable bonds is 4. The minimum atomic E-state index is -1.27. The van der Waals surface area contributed by atoms with Crippen molar-refractivity contribution in [1.29, 1.82) is 0 Å². The Morgan fingerprint density at radius 2 is 1.78 bits per heavy atom. The van der Waals surface area contributed by atoms with E-state index in [-0.39, 0.29) is 26.5 Å². The van der Waals surface area contributed by atoms with Crippen LogP contribution in [0.4, 0.5) is 0 Å². The number of hydrogen-bond acceptors (Lipinski definition) is 4. The molecule has 1 rings (SSSR count). The molecule has 2 unspecified atom stereocenters. The second-order valence-corrected chi connectivity index (χ2v) is 6.05. The Hall–Kier alpha value is 0.0300. The third-order valence-corrected chi connectivity index (χ3v) is 3.92. The summed E-state index contributed by atoms with van der Waals surface area (Å²) >= 11 is 18.5. The summed E-state index contributed by atoms with van der Waals surface area (Å²) < 4.78 is 0. The van der Waals surface area contributed by atoms with E-state index in [1.54, 1.807) is 0 Å². The fraction of sp³-hybridized carbons (Fsp3) is 0.364. The van der Waals surface area contributed by atoms with Crippen LogP contribution in [0.15, 0.2) is 12.1 Å². The van der Waals surface area contributed by atoms with Gasteiger partial charge in [-0.15, -0.1) is 0 Å². The number of aliphatic hydroxyl groups excluding tert-OH is 2. The third kappa shape index (κ3) is 4.30. The van der Waals surface area contributed by atoms with Gasteiger partial charge in [-0.3, -0.25) is 4.79 Å². The largest absolute Gasteiger partial charge is 0.389 e. The fourth-order valence-electron chi connectivity index (χ4n) is 1.32. The molecule has 0 saturated heterocycles. The Kier molecular flexibility index (Phi) is 6.24. The first-order valence-electron chi connectivity index (χ1n) is 4.97. The van der Waals surface area contributed by atoms with Gasteiger partial charge < -0.3 is 10.2 Å². The SMILES string of the molecule is CC(=O)SCC(O)C(O)c1c(Cl)cc(Cl)cc1Cl. The Labute approximate surface area is 124 Å². The number of thioether (sulfide) groups is 1. The molecule has 0 saturated carbocycles. The van der Waals surface area contributed by atoms with Crippen LogP contribution in [0.25, 0.3) is 0 Å². The Balaban J connectivity index is 2.89. The summed E-state index contributed by atoms with van der Waals surface area (Å²) in [6.45, 7) is 1.38. The molecule has 0 radical (unpaired) electrons. The minimum Gasteiger partial charge on any atom is -0.389 e. The highest BCUT2D eigenvalue weighted by molar-refractivity contribution is 8.13. The second kappa shape index (κ2) is 6.98. The lowest BCUT2D eigenvalue weighted by atomic mass is 10.1. The maximum Gasteiger partial charge on any atom is 0.185 e. The molecule has 18 heavy (non-hydrogen) atoms. The van der Waals surface area contributed by atoms with Crippen LogP contribution in [0, 0.1) is 0 Å². The van der Waals surface area contributed by atoms with Gasteiger partial charge in [-0.2, -0.15) is 0 Å². The molecular formula is C11H11Cl3O3S. The number of benzene rings is 1. The van der Waals surface area contributed by atoms with E-state index in [4.69, 9.17) is 34.8 Å². The average molecular weight is 330 g/mol. The van der Waals surface area contributed by atoms with E-state index in [1.807, 2.05) is 0 Å². The quantitative estimate of drug-likeness (QED) is 0.889. The van der Waals surface area contributed by atoms with Crippen LogP contribution >= 0.6 is 46.6 Å². The topological polar surface area (TPSA) is 57.5 Å². The molecule has 1 aromatic rings. The van der Waals surface area contributed by atoms with E-state index >= 15 is 0 Å². The van der Waals surface area contributed by atoms with E-state index in [9.17, 15) is 15.0 Å².